The molecule has 1 aliphatic rings. The number of rotatable bonds is 4. The van der Waals surface area contributed by atoms with E-state index in [0.717, 1.165) is 31.7 Å². The lowest BCUT2D eigenvalue weighted by atomic mass is 10.1. The van der Waals surface area contributed by atoms with E-state index in [9.17, 15) is 0 Å². The summed E-state index contributed by atoms with van der Waals surface area (Å²) in [5, 5.41) is 11.8. The number of piperidine rings is 1. The van der Waals surface area contributed by atoms with Gasteiger partial charge in [0.05, 0.1) is 7.05 Å². The van der Waals surface area contributed by atoms with E-state index >= 15 is 0 Å². The molecule has 1 fully saturated rings. The normalized spacial score (nSPS) is 16.2. The topological polar surface area (TPSA) is 82.1 Å². The van der Waals surface area contributed by atoms with Crippen LogP contribution in [0.4, 0.5) is 5.69 Å². The van der Waals surface area contributed by atoms with Gasteiger partial charge in [0.1, 0.15) is 5.75 Å². The highest BCUT2D eigenvalue weighted by atomic mass is 16.5. The average Bonchev–Trinajstić information content (AvgIpc) is 2.92. The molecule has 0 saturated carbocycles. The fourth-order valence-corrected chi connectivity index (χ4v) is 2.46. The highest BCUT2D eigenvalue weighted by Crippen LogP contribution is 2.24. The molecule has 7 nitrogen and oxygen atoms in total. The predicted molar refractivity (Wildman–Crippen MR) is 79.0 cm³/mol. The summed E-state index contributed by atoms with van der Waals surface area (Å²) in [6.45, 7) is 2.31. The number of tetrazole rings is 1. The molecule has 0 spiro atoms. The maximum Gasteiger partial charge on any atom is 0.212 e. The molecule has 1 aromatic heterocycles. The van der Waals surface area contributed by atoms with Gasteiger partial charge in [-0.25, -0.2) is 0 Å². The number of hydrogen-bond acceptors (Lipinski definition) is 6. The summed E-state index contributed by atoms with van der Waals surface area (Å²) in [4.78, 5) is 3.77. The van der Waals surface area contributed by atoms with Crippen molar-refractivity contribution in [3.05, 3.63) is 30.1 Å². The minimum atomic E-state index is 0.322. The Morgan fingerprint density at radius 2 is 2.14 bits per heavy atom. The second kappa shape index (κ2) is 6.09. The van der Waals surface area contributed by atoms with Crippen LogP contribution in [0.3, 0.4) is 0 Å². The summed E-state index contributed by atoms with van der Waals surface area (Å²) in [5.41, 5.74) is 7.12. The third-order valence-electron chi connectivity index (χ3n) is 3.64. The van der Waals surface area contributed by atoms with Crippen LogP contribution < -0.4 is 15.4 Å². The fourth-order valence-electron chi connectivity index (χ4n) is 2.46. The van der Waals surface area contributed by atoms with E-state index < -0.39 is 0 Å². The van der Waals surface area contributed by atoms with Crippen molar-refractivity contribution in [3.63, 3.8) is 0 Å². The number of aromatic nitrogens is 4. The van der Waals surface area contributed by atoms with Gasteiger partial charge in [-0.15, -0.1) is 10.2 Å². The number of aryl methyl sites for hydroxylation is 1. The third-order valence-corrected chi connectivity index (χ3v) is 3.64. The van der Waals surface area contributed by atoms with Crippen LogP contribution in [0.2, 0.25) is 0 Å². The molecule has 2 N–H and O–H groups in total. The Labute approximate surface area is 123 Å². The smallest absolute Gasteiger partial charge is 0.212 e. The Morgan fingerprint density at radius 3 is 2.86 bits per heavy atom. The van der Waals surface area contributed by atoms with Crippen molar-refractivity contribution in [2.24, 2.45) is 12.8 Å². The van der Waals surface area contributed by atoms with E-state index in [1.807, 2.05) is 18.2 Å². The van der Waals surface area contributed by atoms with Gasteiger partial charge in [0.25, 0.3) is 0 Å². The fraction of sp³-hybridized carbons (Fsp3) is 0.500. The van der Waals surface area contributed by atoms with Gasteiger partial charge >= 0.3 is 0 Å². The summed E-state index contributed by atoms with van der Waals surface area (Å²) < 4.78 is 5.73. The van der Waals surface area contributed by atoms with Crippen LogP contribution in [0.1, 0.15) is 18.7 Å². The third kappa shape index (κ3) is 3.49. The van der Waals surface area contributed by atoms with E-state index in [4.69, 9.17) is 10.5 Å². The van der Waals surface area contributed by atoms with Gasteiger partial charge in [-0.2, -0.15) is 4.80 Å². The van der Waals surface area contributed by atoms with Gasteiger partial charge in [0, 0.05) is 30.9 Å². The molecule has 21 heavy (non-hydrogen) atoms. The van der Waals surface area contributed by atoms with Gasteiger partial charge in [0.2, 0.25) is 5.82 Å². The van der Waals surface area contributed by atoms with Crippen molar-refractivity contribution in [1.82, 2.24) is 20.2 Å². The lowest BCUT2D eigenvalue weighted by Crippen LogP contribution is -2.39. The second-order valence-corrected chi connectivity index (χ2v) is 5.31. The molecule has 0 radical (unpaired) electrons. The van der Waals surface area contributed by atoms with Crippen molar-refractivity contribution in [2.75, 3.05) is 18.0 Å². The predicted octanol–water partition coefficient (Wildman–Crippen LogP) is 0.717. The zero-order valence-electron chi connectivity index (χ0n) is 12.1. The quantitative estimate of drug-likeness (QED) is 0.892. The van der Waals surface area contributed by atoms with Crippen LogP contribution in [0.25, 0.3) is 0 Å². The Bertz CT molecular complexity index is 591. The highest BCUT2D eigenvalue weighted by Gasteiger charge is 2.16. The van der Waals surface area contributed by atoms with E-state index in [-0.39, 0.29) is 0 Å². The monoisotopic (exact) mass is 288 g/mol. The number of nitrogens with zero attached hydrogens (tertiary/aromatic N) is 5. The number of hydrogen-bond donors (Lipinski definition) is 1. The van der Waals surface area contributed by atoms with Crippen molar-refractivity contribution in [1.29, 1.82) is 0 Å². The lowest BCUT2D eigenvalue weighted by molar-refractivity contribution is 0.295. The number of benzene rings is 1. The molecule has 0 atom stereocenters. The van der Waals surface area contributed by atoms with Crippen molar-refractivity contribution in [2.45, 2.75) is 25.5 Å². The molecule has 2 aromatic rings. The van der Waals surface area contributed by atoms with E-state index in [1.54, 1.807) is 7.05 Å². The standard InChI is InChI=1S/C14H20N6O/c1-19-17-14(16-18-19)10-21-13-4-2-3-12(9-13)20-7-5-11(15)6-8-20/h2-4,9,11H,5-8,10,15H2,1H3. The number of ether oxygens (including phenoxy) is 1. The second-order valence-electron chi connectivity index (χ2n) is 5.31. The van der Waals surface area contributed by atoms with E-state index in [1.165, 1.54) is 10.5 Å². The SMILES string of the molecule is Cn1nnc(COc2cccc(N3CCC(N)CC3)c2)n1. The summed E-state index contributed by atoms with van der Waals surface area (Å²) in [6.07, 6.45) is 2.07. The molecule has 7 heteroatoms. The van der Waals surface area contributed by atoms with Gasteiger partial charge in [-0.3, -0.25) is 0 Å². The molecular weight excluding hydrogens is 268 g/mol. The van der Waals surface area contributed by atoms with Crippen LogP contribution in [0, 0.1) is 0 Å². The Balaban J connectivity index is 1.63. The minimum absolute atomic E-state index is 0.322. The first kappa shape index (κ1) is 13.8. The van der Waals surface area contributed by atoms with Crippen LogP contribution in [-0.2, 0) is 13.7 Å². The zero-order chi connectivity index (χ0) is 14.7. The lowest BCUT2D eigenvalue weighted by Gasteiger charge is -2.32. The first-order chi connectivity index (χ1) is 10.2. The molecule has 1 aliphatic heterocycles. The first-order valence-electron chi connectivity index (χ1n) is 7.17. The molecule has 0 unspecified atom stereocenters. The van der Waals surface area contributed by atoms with Crippen LogP contribution in [0.15, 0.2) is 24.3 Å². The van der Waals surface area contributed by atoms with Crippen LogP contribution in [0.5, 0.6) is 5.75 Å². The Kier molecular flexibility index (Phi) is 4.01. The number of anilines is 1. The zero-order valence-corrected chi connectivity index (χ0v) is 12.1. The molecule has 1 saturated heterocycles. The highest BCUT2D eigenvalue weighted by molar-refractivity contribution is 5.51. The van der Waals surface area contributed by atoms with Crippen molar-refractivity contribution in [3.8, 4) is 5.75 Å². The molecule has 0 bridgehead atoms. The first-order valence-corrected chi connectivity index (χ1v) is 7.17. The number of nitrogens with two attached hydrogens (primary N) is 1. The Hall–Kier alpha value is -2.15. The molecule has 112 valence electrons. The molecule has 1 aromatic carbocycles. The average molecular weight is 288 g/mol. The van der Waals surface area contributed by atoms with Crippen molar-refractivity contribution < 1.29 is 4.74 Å². The summed E-state index contributed by atoms with van der Waals surface area (Å²) in [5.74, 6) is 1.39. The molecular formula is C14H20N6O. The molecule has 0 amide bonds. The maximum atomic E-state index is 5.95. The van der Waals surface area contributed by atoms with Gasteiger partial charge in [-0.1, -0.05) is 6.07 Å². The maximum absolute atomic E-state index is 5.95. The van der Waals surface area contributed by atoms with Crippen LogP contribution in [-0.4, -0.2) is 39.3 Å². The molecule has 3 rings (SSSR count). The summed E-state index contributed by atoms with van der Waals surface area (Å²) >= 11 is 0. The van der Waals surface area contributed by atoms with Crippen LogP contribution >= 0.6 is 0 Å². The molecule has 0 aliphatic carbocycles. The Morgan fingerprint density at radius 1 is 1.33 bits per heavy atom. The van der Waals surface area contributed by atoms with Gasteiger partial charge in [-0.05, 0) is 30.2 Å². The summed E-state index contributed by atoms with van der Waals surface area (Å²) in [7, 11) is 1.73. The molecule has 2 heterocycles. The largest absolute Gasteiger partial charge is 0.485 e. The summed E-state index contributed by atoms with van der Waals surface area (Å²) in [6, 6.07) is 8.43. The van der Waals surface area contributed by atoms with Gasteiger partial charge < -0.3 is 15.4 Å². The van der Waals surface area contributed by atoms with E-state index in [2.05, 4.69) is 26.4 Å². The van der Waals surface area contributed by atoms with E-state index in [0.29, 0.717) is 18.5 Å². The van der Waals surface area contributed by atoms with Gasteiger partial charge in [0.15, 0.2) is 6.61 Å². The van der Waals surface area contributed by atoms with Crippen molar-refractivity contribution >= 4 is 5.69 Å². The minimum Gasteiger partial charge on any atom is -0.485 e.